The monoisotopic (exact) mass is 489 g/mol. The van der Waals surface area contributed by atoms with Crippen molar-refractivity contribution >= 4 is 50.7 Å². The van der Waals surface area contributed by atoms with Crippen LogP contribution in [-0.4, -0.2) is 41.8 Å². The molecule has 0 spiro atoms. The molecule has 2 heterocycles. The maximum Gasteiger partial charge on any atom is 0.374 e. The van der Waals surface area contributed by atoms with E-state index in [1.165, 1.54) is 0 Å². The van der Waals surface area contributed by atoms with Crippen LogP contribution in [0.1, 0.15) is 35.9 Å². The highest BCUT2D eigenvalue weighted by atomic mass is 79.9. The number of likely N-dealkylation sites (tertiary alicyclic amines) is 1. The van der Waals surface area contributed by atoms with Crippen molar-refractivity contribution < 1.29 is 33.1 Å². The Morgan fingerprint density at radius 1 is 1.13 bits per heavy atom. The van der Waals surface area contributed by atoms with Crippen LogP contribution in [0.2, 0.25) is 0 Å². The molecule has 8 nitrogen and oxygen atoms in total. The largest absolute Gasteiger partial charge is 0.460 e. The van der Waals surface area contributed by atoms with Crippen molar-refractivity contribution in [1.82, 2.24) is 4.90 Å². The van der Waals surface area contributed by atoms with Crippen molar-refractivity contribution in [3.05, 3.63) is 46.1 Å². The first-order valence-electron chi connectivity index (χ1n) is 9.94. The summed E-state index contributed by atoms with van der Waals surface area (Å²) in [6.45, 7) is 1.11. The van der Waals surface area contributed by atoms with Crippen LogP contribution in [0.4, 0.5) is 0 Å². The fraction of sp³-hybridized carbons (Fsp3) is 0.364. The van der Waals surface area contributed by atoms with Gasteiger partial charge in [-0.25, -0.2) is 4.79 Å². The van der Waals surface area contributed by atoms with E-state index in [-0.39, 0.29) is 30.8 Å². The number of esters is 2. The van der Waals surface area contributed by atoms with Crippen LogP contribution in [0.25, 0.3) is 11.0 Å². The van der Waals surface area contributed by atoms with Crippen LogP contribution in [0.15, 0.2) is 39.2 Å². The summed E-state index contributed by atoms with van der Waals surface area (Å²) in [7, 11) is 0. The number of furan rings is 1. The molecule has 1 aromatic heterocycles. The van der Waals surface area contributed by atoms with E-state index in [2.05, 4.69) is 15.9 Å². The molecule has 1 aliphatic heterocycles. The molecule has 0 bridgehead atoms. The molecule has 0 N–H and O–H groups in total. The quantitative estimate of drug-likeness (QED) is 0.348. The van der Waals surface area contributed by atoms with Gasteiger partial charge in [0, 0.05) is 9.86 Å². The lowest BCUT2D eigenvalue weighted by atomic mass is 9.85. The Morgan fingerprint density at radius 3 is 2.45 bits per heavy atom. The van der Waals surface area contributed by atoms with Crippen LogP contribution in [0, 0.1) is 11.8 Å². The van der Waals surface area contributed by atoms with Gasteiger partial charge in [0.2, 0.25) is 17.6 Å². The Morgan fingerprint density at radius 2 is 1.81 bits per heavy atom. The lowest BCUT2D eigenvalue weighted by molar-refractivity contribution is -0.153. The lowest BCUT2D eigenvalue weighted by Crippen LogP contribution is -2.36. The molecule has 1 aliphatic carbocycles. The first kappa shape index (κ1) is 21.3. The van der Waals surface area contributed by atoms with Gasteiger partial charge in [-0.1, -0.05) is 28.1 Å². The standard InChI is InChI=1S/C22H20BrNO7/c1-2-29-22(28)19-16(15-9-12(23)7-8-17(15)31-19)11-30-18(25)10-24-20(26)13-5-3-4-6-14(13)21(24)27/h3-4,7-9,13-14H,2,5-6,10-11H2,1H3/t13-,14-/m1/s1. The molecule has 162 valence electrons. The minimum Gasteiger partial charge on any atom is -0.460 e. The Kier molecular flexibility index (Phi) is 5.95. The van der Waals surface area contributed by atoms with E-state index in [9.17, 15) is 19.2 Å². The topological polar surface area (TPSA) is 103 Å². The normalized spacial score (nSPS) is 20.3. The van der Waals surface area contributed by atoms with E-state index >= 15 is 0 Å². The van der Waals surface area contributed by atoms with E-state index in [0.717, 1.165) is 9.37 Å². The highest BCUT2D eigenvalue weighted by molar-refractivity contribution is 9.10. The van der Waals surface area contributed by atoms with Crippen molar-refractivity contribution in [3.63, 3.8) is 0 Å². The van der Waals surface area contributed by atoms with E-state index in [0.29, 0.717) is 29.4 Å². The third kappa shape index (κ3) is 4.01. The Labute approximate surface area is 186 Å². The molecule has 2 aromatic rings. The number of carbonyl (C=O) groups excluding carboxylic acids is 4. The molecule has 1 aromatic carbocycles. The number of halogens is 1. The van der Waals surface area contributed by atoms with Crippen molar-refractivity contribution in [1.29, 1.82) is 0 Å². The lowest BCUT2D eigenvalue weighted by Gasteiger charge is -2.14. The maximum atomic E-state index is 12.5. The third-order valence-electron chi connectivity index (χ3n) is 5.48. The maximum absolute atomic E-state index is 12.5. The number of nitrogens with zero attached hydrogens (tertiary/aromatic N) is 1. The van der Waals surface area contributed by atoms with Gasteiger partial charge in [-0.3, -0.25) is 19.3 Å². The third-order valence-corrected chi connectivity index (χ3v) is 5.97. The molecule has 0 saturated carbocycles. The van der Waals surface area contributed by atoms with Crippen LogP contribution < -0.4 is 0 Å². The first-order chi connectivity index (χ1) is 14.9. The summed E-state index contributed by atoms with van der Waals surface area (Å²) in [5, 5.41) is 0.593. The zero-order valence-electron chi connectivity index (χ0n) is 16.8. The Hall–Kier alpha value is -2.94. The number of carbonyl (C=O) groups is 4. The van der Waals surface area contributed by atoms with E-state index in [4.69, 9.17) is 13.9 Å². The number of benzene rings is 1. The zero-order valence-corrected chi connectivity index (χ0v) is 18.3. The first-order valence-corrected chi connectivity index (χ1v) is 10.7. The second-order valence-corrected chi connectivity index (χ2v) is 8.27. The summed E-state index contributed by atoms with van der Waals surface area (Å²) in [5.74, 6) is -2.96. The van der Waals surface area contributed by atoms with Crippen LogP contribution >= 0.6 is 15.9 Å². The number of allylic oxidation sites excluding steroid dienone is 2. The van der Waals surface area contributed by atoms with Gasteiger partial charge in [0.15, 0.2) is 0 Å². The predicted molar refractivity (Wildman–Crippen MR) is 112 cm³/mol. The van der Waals surface area contributed by atoms with E-state index in [1.54, 1.807) is 25.1 Å². The smallest absolute Gasteiger partial charge is 0.374 e. The molecule has 0 radical (unpaired) electrons. The minimum absolute atomic E-state index is 0.0480. The zero-order chi connectivity index (χ0) is 22.1. The molecular weight excluding hydrogens is 470 g/mol. The Bertz CT molecular complexity index is 1080. The molecule has 2 atom stereocenters. The van der Waals surface area contributed by atoms with E-state index < -0.39 is 30.3 Å². The average molecular weight is 490 g/mol. The van der Waals surface area contributed by atoms with Gasteiger partial charge < -0.3 is 13.9 Å². The molecule has 0 unspecified atom stereocenters. The average Bonchev–Trinajstić information content (AvgIpc) is 3.23. The number of hydrogen-bond acceptors (Lipinski definition) is 7. The second kappa shape index (κ2) is 8.66. The fourth-order valence-electron chi connectivity index (χ4n) is 3.98. The summed E-state index contributed by atoms with van der Waals surface area (Å²) in [4.78, 5) is 50.8. The number of rotatable bonds is 6. The van der Waals surface area contributed by atoms with Crippen molar-refractivity contribution in [3.8, 4) is 0 Å². The number of fused-ring (bicyclic) bond motifs is 2. The highest BCUT2D eigenvalue weighted by Gasteiger charge is 2.47. The summed E-state index contributed by atoms with van der Waals surface area (Å²) < 4.78 is 16.7. The predicted octanol–water partition coefficient (Wildman–Crippen LogP) is 3.37. The van der Waals surface area contributed by atoms with E-state index in [1.807, 2.05) is 12.2 Å². The molecule has 4 rings (SSSR count). The van der Waals surface area contributed by atoms with Gasteiger partial charge in [-0.15, -0.1) is 0 Å². The Balaban J connectivity index is 1.50. The summed E-state index contributed by atoms with van der Waals surface area (Å²) in [6, 6.07) is 5.19. The minimum atomic E-state index is -0.743. The molecule has 1 saturated heterocycles. The summed E-state index contributed by atoms with van der Waals surface area (Å²) in [6.07, 6.45) is 4.76. The number of hydrogen-bond donors (Lipinski definition) is 0. The number of amides is 2. The molecule has 2 amide bonds. The SMILES string of the molecule is CCOC(=O)c1oc2ccc(Br)cc2c1COC(=O)CN1C(=O)[C@@H]2CC=CC[C@H]2C1=O. The highest BCUT2D eigenvalue weighted by Crippen LogP contribution is 2.35. The van der Waals surface area contributed by atoms with Gasteiger partial charge in [0.05, 0.1) is 24.0 Å². The number of ether oxygens (including phenoxy) is 2. The molecule has 31 heavy (non-hydrogen) atoms. The van der Waals surface area contributed by atoms with Gasteiger partial charge in [0.25, 0.3) is 0 Å². The second-order valence-electron chi connectivity index (χ2n) is 7.35. The van der Waals surface area contributed by atoms with Crippen LogP contribution in [0.5, 0.6) is 0 Å². The van der Waals surface area contributed by atoms with Gasteiger partial charge in [-0.05, 0) is 38.0 Å². The van der Waals surface area contributed by atoms with Crippen LogP contribution in [0.3, 0.4) is 0 Å². The van der Waals surface area contributed by atoms with Crippen LogP contribution in [-0.2, 0) is 30.5 Å². The van der Waals surface area contributed by atoms with Gasteiger partial charge >= 0.3 is 11.9 Å². The summed E-state index contributed by atoms with van der Waals surface area (Å²) in [5.41, 5.74) is 0.804. The molecule has 2 aliphatic rings. The molecular formula is C22H20BrNO7. The van der Waals surface area contributed by atoms with Crippen molar-refractivity contribution in [2.45, 2.75) is 26.4 Å². The molecule has 1 fully saturated rings. The fourth-order valence-corrected chi connectivity index (χ4v) is 4.34. The number of imide groups is 1. The molecule has 9 heteroatoms. The summed E-state index contributed by atoms with van der Waals surface area (Å²) >= 11 is 3.37. The van der Waals surface area contributed by atoms with Gasteiger partial charge in [0.1, 0.15) is 18.7 Å². The van der Waals surface area contributed by atoms with Gasteiger partial charge in [-0.2, -0.15) is 0 Å². The van der Waals surface area contributed by atoms with Crippen molar-refractivity contribution in [2.75, 3.05) is 13.2 Å². The van der Waals surface area contributed by atoms with Crippen molar-refractivity contribution in [2.24, 2.45) is 11.8 Å².